The monoisotopic (exact) mass is 433 g/mol. The van der Waals surface area contributed by atoms with E-state index in [9.17, 15) is 13.2 Å². The Morgan fingerprint density at radius 1 is 1.32 bits per heavy atom. The van der Waals surface area contributed by atoms with E-state index in [1.54, 1.807) is 12.1 Å². The van der Waals surface area contributed by atoms with Gasteiger partial charge in [-0.3, -0.25) is 4.79 Å². The van der Waals surface area contributed by atoms with Crippen molar-refractivity contribution >= 4 is 31.9 Å². The number of nitrogens with zero attached hydrogens (tertiary/aromatic N) is 2. The molecule has 0 saturated carbocycles. The van der Waals surface area contributed by atoms with Crippen LogP contribution in [0.25, 0.3) is 0 Å². The summed E-state index contributed by atoms with van der Waals surface area (Å²) < 4.78 is 32.7. The lowest BCUT2D eigenvalue weighted by atomic mass is 10.2. The first-order valence-corrected chi connectivity index (χ1v) is 10.4. The molecule has 1 aromatic rings. The fourth-order valence-electron chi connectivity index (χ4n) is 2.47. The van der Waals surface area contributed by atoms with Gasteiger partial charge in [-0.05, 0) is 61.2 Å². The van der Waals surface area contributed by atoms with Crippen LogP contribution in [0.15, 0.2) is 27.6 Å². The number of carbonyl (C=O) groups is 1. The van der Waals surface area contributed by atoms with E-state index in [2.05, 4.69) is 21.2 Å². The zero-order valence-corrected chi connectivity index (χ0v) is 16.9. The highest BCUT2D eigenvalue weighted by molar-refractivity contribution is 9.10. The second-order valence-corrected chi connectivity index (χ2v) is 8.84. The Morgan fingerprint density at radius 3 is 2.64 bits per heavy atom. The highest BCUT2D eigenvalue weighted by atomic mass is 79.9. The van der Waals surface area contributed by atoms with E-state index >= 15 is 0 Å². The molecule has 0 bridgehead atoms. The number of sulfonamides is 1. The minimum absolute atomic E-state index is 0.107. The number of nitrogens with one attached hydrogen (secondary N) is 1. The van der Waals surface area contributed by atoms with E-state index in [1.807, 2.05) is 19.0 Å². The molecule has 0 aliphatic carbocycles. The molecule has 1 heterocycles. The minimum atomic E-state index is -3.67. The summed E-state index contributed by atoms with van der Waals surface area (Å²) in [5.74, 6) is -0.273. The van der Waals surface area contributed by atoms with Crippen molar-refractivity contribution in [1.82, 2.24) is 14.5 Å². The lowest BCUT2D eigenvalue weighted by Crippen LogP contribution is -2.40. The van der Waals surface area contributed by atoms with Gasteiger partial charge in [0.15, 0.2) is 0 Å². The third-order valence-corrected chi connectivity index (χ3v) is 6.74. The molecule has 0 atom stereocenters. The number of hydrogen-bond acceptors (Lipinski definition) is 5. The molecule has 7 nitrogen and oxygen atoms in total. The third-order valence-electron chi connectivity index (χ3n) is 3.85. The van der Waals surface area contributed by atoms with Crippen molar-refractivity contribution in [3.05, 3.63) is 28.2 Å². The summed E-state index contributed by atoms with van der Waals surface area (Å²) in [6.45, 7) is 2.80. The number of rotatable bonds is 7. The fourth-order valence-corrected chi connectivity index (χ4v) is 4.83. The van der Waals surface area contributed by atoms with Crippen LogP contribution in [0.3, 0.4) is 0 Å². The van der Waals surface area contributed by atoms with Crippen LogP contribution in [-0.4, -0.2) is 77.0 Å². The van der Waals surface area contributed by atoms with Gasteiger partial charge in [-0.1, -0.05) is 0 Å². The summed E-state index contributed by atoms with van der Waals surface area (Å²) in [5, 5.41) is 2.82. The number of carbonyl (C=O) groups excluding carboxylic acids is 1. The van der Waals surface area contributed by atoms with Gasteiger partial charge < -0.3 is 15.0 Å². The van der Waals surface area contributed by atoms with Crippen molar-refractivity contribution in [2.75, 3.05) is 53.5 Å². The number of amides is 1. The van der Waals surface area contributed by atoms with Crippen LogP contribution in [0.5, 0.6) is 0 Å². The molecule has 1 saturated heterocycles. The van der Waals surface area contributed by atoms with E-state index in [4.69, 9.17) is 4.74 Å². The summed E-state index contributed by atoms with van der Waals surface area (Å²) in [7, 11) is 0.278. The van der Waals surface area contributed by atoms with E-state index in [0.29, 0.717) is 42.9 Å². The lowest BCUT2D eigenvalue weighted by Gasteiger charge is -2.26. The molecule has 1 aliphatic heterocycles. The first-order valence-electron chi connectivity index (χ1n) is 8.13. The highest BCUT2D eigenvalue weighted by Crippen LogP contribution is 2.26. The SMILES string of the molecule is CN(C)CCCNC(=O)c1ccc(Br)c(S(=O)(=O)N2CCOCC2)c1. The molecule has 1 fully saturated rings. The van der Waals surface area contributed by atoms with Crippen molar-refractivity contribution in [2.45, 2.75) is 11.3 Å². The Balaban J connectivity index is 2.12. The molecule has 0 radical (unpaired) electrons. The normalized spacial score (nSPS) is 16.2. The first-order chi connectivity index (χ1) is 11.8. The van der Waals surface area contributed by atoms with Gasteiger partial charge in [0, 0.05) is 29.7 Å². The summed E-state index contributed by atoms with van der Waals surface area (Å²) in [6.07, 6.45) is 0.828. The average molecular weight is 434 g/mol. The predicted octanol–water partition coefficient (Wildman–Crippen LogP) is 1.15. The minimum Gasteiger partial charge on any atom is -0.379 e. The van der Waals surface area contributed by atoms with Gasteiger partial charge >= 0.3 is 0 Å². The Kier molecular flexibility index (Phi) is 7.38. The summed E-state index contributed by atoms with van der Waals surface area (Å²) in [4.78, 5) is 14.4. The van der Waals surface area contributed by atoms with Gasteiger partial charge in [0.2, 0.25) is 10.0 Å². The Morgan fingerprint density at radius 2 is 2.00 bits per heavy atom. The first kappa shape index (κ1) is 20.3. The molecule has 1 amide bonds. The van der Waals surface area contributed by atoms with E-state index < -0.39 is 10.0 Å². The van der Waals surface area contributed by atoms with E-state index in [0.717, 1.165) is 13.0 Å². The Labute approximate surface area is 157 Å². The van der Waals surface area contributed by atoms with Crippen molar-refractivity contribution in [1.29, 1.82) is 0 Å². The largest absolute Gasteiger partial charge is 0.379 e. The second kappa shape index (κ2) is 9.09. The quantitative estimate of drug-likeness (QED) is 0.652. The maximum absolute atomic E-state index is 12.8. The molecular weight excluding hydrogens is 410 g/mol. The zero-order chi connectivity index (χ0) is 18.4. The standard InChI is InChI=1S/C16H24BrN3O4S/c1-19(2)7-3-6-18-16(21)13-4-5-14(17)15(12-13)25(22,23)20-8-10-24-11-9-20/h4-5,12H,3,6-11H2,1-2H3,(H,18,21). The number of benzene rings is 1. The predicted molar refractivity (Wildman–Crippen MR) is 99.2 cm³/mol. The van der Waals surface area contributed by atoms with Crippen LogP contribution in [0.1, 0.15) is 16.8 Å². The summed E-state index contributed by atoms with van der Waals surface area (Å²) in [6, 6.07) is 4.64. The number of halogens is 1. The molecule has 2 rings (SSSR count). The molecule has 1 N–H and O–H groups in total. The molecule has 0 unspecified atom stereocenters. The molecule has 25 heavy (non-hydrogen) atoms. The van der Waals surface area contributed by atoms with E-state index in [1.165, 1.54) is 10.4 Å². The van der Waals surface area contributed by atoms with Gasteiger partial charge in [-0.25, -0.2) is 8.42 Å². The lowest BCUT2D eigenvalue weighted by molar-refractivity contribution is 0.0730. The molecule has 1 aromatic carbocycles. The molecule has 9 heteroatoms. The average Bonchev–Trinajstić information content (AvgIpc) is 2.59. The third kappa shape index (κ3) is 5.49. The topological polar surface area (TPSA) is 79.0 Å². The van der Waals surface area contributed by atoms with Crippen LogP contribution in [-0.2, 0) is 14.8 Å². The van der Waals surface area contributed by atoms with Crippen molar-refractivity contribution in [3.63, 3.8) is 0 Å². The van der Waals surface area contributed by atoms with Gasteiger partial charge in [0.1, 0.15) is 0 Å². The molecule has 0 spiro atoms. The van der Waals surface area contributed by atoms with Gasteiger partial charge in [-0.2, -0.15) is 4.31 Å². The second-order valence-electron chi connectivity index (χ2n) is 6.07. The zero-order valence-electron chi connectivity index (χ0n) is 14.5. The van der Waals surface area contributed by atoms with Gasteiger partial charge in [0.05, 0.1) is 18.1 Å². The van der Waals surface area contributed by atoms with Crippen LogP contribution in [0.4, 0.5) is 0 Å². The fraction of sp³-hybridized carbons (Fsp3) is 0.562. The maximum atomic E-state index is 12.8. The van der Waals surface area contributed by atoms with Crippen molar-refractivity contribution < 1.29 is 17.9 Å². The summed E-state index contributed by atoms with van der Waals surface area (Å²) in [5.41, 5.74) is 0.333. The Bertz CT molecular complexity index is 703. The van der Waals surface area contributed by atoms with Gasteiger partial charge in [-0.15, -0.1) is 0 Å². The van der Waals surface area contributed by atoms with Gasteiger partial charge in [0.25, 0.3) is 5.91 Å². The molecule has 140 valence electrons. The smallest absolute Gasteiger partial charge is 0.251 e. The number of hydrogen-bond donors (Lipinski definition) is 1. The Hall–Kier alpha value is -1.00. The van der Waals surface area contributed by atoms with E-state index in [-0.39, 0.29) is 10.8 Å². The maximum Gasteiger partial charge on any atom is 0.251 e. The molecule has 0 aromatic heterocycles. The van der Waals surface area contributed by atoms with Crippen LogP contribution in [0.2, 0.25) is 0 Å². The van der Waals surface area contributed by atoms with Crippen LogP contribution >= 0.6 is 15.9 Å². The molecule has 1 aliphatic rings. The highest BCUT2D eigenvalue weighted by Gasteiger charge is 2.28. The number of ether oxygens (including phenoxy) is 1. The van der Waals surface area contributed by atoms with Crippen molar-refractivity contribution in [3.8, 4) is 0 Å². The summed E-state index contributed by atoms with van der Waals surface area (Å²) >= 11 is 3.29. The van der Waals surface area contributed by atoms with Crippen LogP contribution in [0, 0.1) is 0 Å². The number of morpholine rings is 1. The van der Waals surface area contributed by atoms with Crippen molar-refractivity contribution in [2.24, 2.45) is 0 Å². The molecular formula is C16H24BrN3O4S. The van der Waals surface area contributed by atoms with Crippen LogP contribution < -0.4 is 5.32 Å².